The lowest BCUT2D eigenvalue weighted by Crippen LogP contribution is -2.26. The number of ether oxygens (including phenoxy) is 1. The lowest BCUT2D eigenvalue weighted by Gasteiger charge is -2.28. The summed E-state index contributed by atoms with van der Waals surface area (Å²) >= 11 is 0. The van der Waals surface area contributed by atoms with Gasteiger partial charge in [0.2, 0.25) is 0 Å². The number of nitrogens with zero attached hydrogens (tertiary/aromatic N) is 2. The monoisotopic (exact) mass is 774 g/mol. The molecule has 0 spiro atoms. The first-order valence-corrected chi connectivity index (χ1v) is 20.9. The van der Waals surface area contributed by atoms with Crippen LogP contribution in [0.5, 0.6) is 11.5 Å². The molecule has 1 unspecified atom stereocenters. The minimum absolute atomic E-state index is 0.0650. The summed E-state index contributed by atoms with van der Waals surface area (Å²) < 4.78 is 5.98. The van der Waals surface area contributed by atoms with Crippen LogP contribution in [0.4, 0.5) is 34.1 Å². The van der Waals surface area contributed by atoms with E-state index in [9.17, 15) is 0 Å². The van der Waals surface area contributed by atoms with Gasteiger partial charge in [0, 0.05) is 40.7 Å². The highest BCUT2D eigenvalue weighted by atomic mass is 16.6. The van der Waals surface area contributed by atoms with E-state index in [4.69, 9.17) is 15.3 Å². The summed E-state index contributed by atoms with van der Waals surface area (Å²) in [4.78, 5) is 10.4. The number of hydrogen-bond acceptors (Lipinski definition) is 6. The third-order valence-electron chi connectivity index (χ3n) is 10.4. The average molecular weight is 775 g/mol. The first kappa shape index (κ1) is 42.1. The summed E-state index contributed by atoms with van der Waals surface area (Å²) in [5, 5.41) is 0. The molecule has 6 rings (SSSR count). The molecule has 0 aliphatic carbocycles. The zero-order valence-electron chi connectivity index (χ0n) is 35.8. The van der Waals surface area contributed by atoms with E-state index in [1.54, 1.807) is 0 Å². The summed E-state index contributed by atoms with van der Waals surface area (Å²) in [6.45, 7) is 18.6. The Morgan fingerprint density at radius 1 is 0.483 bits per heavy atom. The molecule has 0 aliphatic rings. The van der Waals surface area contributed by atoms with Crippen LogP contribution < -0.4 is 30.6 Å². The molecule has 0 amide bonds. The molecule has 0 heterocycles. The van der Waals surface area contributed by atoms with Crippen LogP contribution in [0.25, 0.3) is 11.1 Å². The maximum atomic E-state index is 6.19. The summed E-state index contributed by atoms with van der Waals surface area (Å²) in [7, 11) is 0. The minimum atomic E-state index is -0.314. The molecule has 6 aromatic carbocycles. The van der Waals surface area contributed by atoms with Crippen molar-refractivity contribution >= 4 is 34.1 Å². The SMILES string of the molecule is CCCCNOc1ccc(N(c2ccc(-c3ccc(N(c4ccc(OC(N)CCC)cc4)c4ccc(C(C)(C)C)cc4)cc3)cc2)c2ccc(C(C)(C)C)cc2)cc1. The smallest absolute Gasteiger partial charge is 0.147 e. The largest absolute Gasteiger partial charge is 0.476 e. The maximum Gasteiger partial charge on any atom is 0.147 e. The van der Waals surface area contributed by atoms with Crippen molar-refractivity contribution in [1.29, 1.82) is 0 Å². The van der Waals surface area contributed by atoms with Crippen LogP contribution in [0.15, 0.2) is 146 Å². The maximum absolute atomic E-state index is 6.19. The van der Waals surface area contributed by atoms with Crippen LogP contribution in [-0.2, 0) is 10.8 Å². The molecule has 0 aromatic heterocycles. The first-order valence-electron chi connectivity index (χ1n) is 20.9. The molecule has 0 fully saturated rings. The second-order valence-electron chi connectivity index (χ2n) is 17.1. The van der Waals surface area contributed by atoms with Crippen LogP contribution in [0, 0.1) is 0 Å². The molecule has 6 nitrogen and oxygen atoms in total. The Hall–Kier alpha value is -5.56. The van der Waals surface area contributed by atoms with Crippen molar-refractivity contribution in [2.24, 2.45) is 5.73 Å². The van der Waals surface area contributed by atoms with Gasteiger partial charge < -0.3 is 19.4 Å². The van der Waals surface area contributed by atoms with Crippen LogP contribution in [0.1, 0.15) is 92.2 Å². The Balaban J connectivity index is 1.28. The van der Waals surface area contributed by atoms with Gasteiger partial charge in [-0.15, -0.1) is 0 Å². The fourth-order valence-corrected chi connectivity index (χ4v) is 6.96. The number of nitrogens with one attached hydrogen (secondary N) is 1. The van der Waals surface area contributed by atoms with Crippen LogP contribution in [0.3, 0.4) is 0 Å². The van der Waals surface area contributed by atoms with Gasteiger partial charge in [-0.25, -0.2) is 0 Å². The lowest BCUT2D eigenvalue weighted by molar-refractivity contribution is 0.194. The summed E-state index contributed by atoms with van der Waals surface area (Å²) in [6.07, 6.45) is 3.67. The van der Waals surface area contributed by atoms with Crippen molar-refractivity contribution in [3.05, 3.63) is 157 Å². The summed E-state index contributed by atoms with van der Waals surface area (Å²) in [5.41, 5.74) is 20.7. The van der Waals surface area contributed by atoms with Crippen molar-refractivity contribution in [2.75, 3.05) is 16.3 Å². The van der Waals surface area contributed by atoms with Gasteiger partial charge in [-0.1, -0.05) is 117 Å². The van der Waals surface area contributed by atoms with E-state index >= 15 is 0 Å². The predicted octanol–water partition coefficient (Wildman–Crippen LogP) is 14.0. The Morgan fingerprint density at radius 2 is 0.828 bits per heavy atom. The van der Waals surface area contributed by atoms with Crippen molar-refractivity contribution < 1.29 is 9.57 Å². The highest BCUT2D eigenvalue weighted by Gasteiger charge is 2.19. The van der Waals surface area contributed by atoms with Gasteiger partial charge in [-0.3, -0.25) is 5.73 Å². The molecule has 302 valence electrons. The van der Waals surface area contributed by atoms with E-state index in [-0.39, 0.29) is 17.1 Å². The third kappa shape index (κ3) is 10.7. The van der Waals surface area contributed by atoms with Crippen LogP contribution in [0.2, 0.25) is 0 Å². The topological polar surface area (TPSA) is 63.0 Å². The number of unbranched alkanes of at least 4 members (excludes halogenated alkanes) is 1. The molecular formula is C52H62N4O2. The second-order valence-corrected chi connectivity index (χ2v) is 17.1. The van der Waals surface area contributed by atoms with Gasteiger partial charge in [0.05, 0.1) is 0 Å². The summed E-state index contributed by atoms with van der Waals surface area (Å²) in [5.74, 6) is 1.56. The number of hydroxylamine groups is 1. The van der Waals surface area contributed by atoms with Gasteiger partial charge in [0.15, 0.2) is 0 Å². The molecule has 3 N–H and O–H groups in total. The van der Waals surface area contributed by atoms with Crippen molar-refractivity contribution in [3.63, 3.8) is 0 Å². The van der Waals surface area contributed by atoms with E-state index in [0.29, 0.717) is 0 Å². The highest BCUT2D eigenvalue weighted by molar-refractivity contribution is 5.81. The molecule has 1 atom stereocenters. The van der Waals surface area contributed by atoms with E-state index in [1.165, 1.54) is 11.1 Å². The first-order chi connectivity index (χ1) is 27.8. The number of nitrogens with two attached hydrogens (primary N) is 1. The average Bonchev–Trinajstić information content (AvgIpc) is 3.21. The zero-order valence-corrected chi connectivity index (χ0v) is 35.8. The van der Waals surface area contributed by atoms with Gasteiger partial charge >= 0.3 is 0 Å². The molecule has 58 heavy (non-hydrogen) atoms. The van der Waals surface area contributed by atoms with E-state index < -0.39 is 0 Å². The number of anilines is 6. The Morgan fingerprint density at radius 3 is 1.17 bits per heavy atom. The number of benzene rings is 6. The van der Waals surface area contributed by atoms with Crippen molar-refractivity contribution in [2.45, 2.75) is 98.1 Å². The molecule has 6 aromatic rings. The quantitative estimate of drug-likeness (QED) is 0.0580. The molecule has 0 bridgehead atoms. The molecule has 6 heteroatoms. The minimum Gasteiger partial charge on any atom is -0.476 e. The highest BCUT2D eigenvalue weighted by Crippen LogP contribution is 2.40. The van der Waals surface area contributed by atoms with E-state index in [2.05, 4.69) is 192 Å². The number of hydrogen-bond donors (Lipinski definition) is 2. The Bertz CT molecular complexity index is 2150. The van der Waals surface area contributed by atoms with Gasteiger partial charge in [0.1, 0.15) is 17.7 Å². The Kier molecular flexibility index (Phi) is 13.6. The molecular weight excluding hydrogens is 713 g/mol. The molecule has 0 aliphatic heterocycles. The normalized spacial score (nSPS) is 12.2. The van der Waals surface area contributed by atoms with E-state index in [0.717, 1.165) is 89.0 Å². The van der Waals surface area contributed by atoms with Gasteiger partial charge in [0.25, 0.3) is 0 Å². The molecule has 0 saturated carbocycles. The number of rotatable bonds is 16. The van der Waals surface area contributed by atoms with Gasteiger partial charge in [-0.2, -0.15) is 5.48 Å². The fraction of sp³-hybridized carbons (Fsp3) is 0.308. The van der Waals surface area contributed by atoms with Crippen molar-refractivity contribution in [3.8, 4) is 22.6 Å². The lowest BCUT2D eigenvalue weighted by atomic mass is 9.87. The second kappa shape index (κ2) is 18.8. The standard InChI is InChI=1S/C52H62N4O2/c1-9-11-37-54-58-49-35-31-47(32-36-49)56(45-27-19-41(20-28-45)52(6,7)8)43-23-15-39(16-24-43)38-13-21-42(22-14-38)55(44-25-17-40(18-26-44)51(3,4)5)46-29-33-48(34-30-46)57-50(53)12-10-2/h13-36,50,54H,9-12,37,53H2,1-8H3. The van der Waals surface area contributed by atoms with Crippen LogP contribution >= 0.6 is 0 Å². The molecule has 0 radical (unpaired) electrons. The molecule has 0 saturated heterocycles. The zero-order chi connectivity index (χ0) is 41.3. The van der Waals surface area contributed by atoms with Crippen LogP contribution in [-0.4, -0.2) is 12.8 Å². The summed E-state index contributed by atoms with van der Waals surface area (Å²) in [6, 6.07) is 51.9. The Labute approximate surface area is 347 Å². The van der Waals surface area contributed by atoms with Crippen molar-refractivity contribution in [1.82, 2.24) is 5.48 Å². The van der Waals surface area contributed by atoms with Gasteiger partial charge in [-0.05, 0) is 143 Å². The predicted molar refractivity (Wildman–Crippen MR) is 246 cm³/mol. The third-order valence-corrected chi connectivity index (χ3v) is 10.4. The van der Waals surface area contributed by atoms with E-state index in [1.807, 2.05) is 24.3 Å². The fourth-order valence-electron chi connectivity index (χ4n) is 6.96.